The predicted molar refractivity (Wildman–Crippen MR) is 63.6 cm³/mol. The Balaban J connectivity index is 2.06. The molecule has 0 bridgehead atoms. The lowest BCUT2D eigenvalue weighted by Crippen LogP contribution is -2.13. The van der Waals surface area contributed by atoms with Crippen LogP contribution < -0.4 is 10.1 Å². The zero-order valence-electron chi connectivity index (χ0n) is 10.2. The molecule has 2 N–H and O–H groups in total. The van der Waals surface area contributed by atoms with Gasteiger partial charge in [-0.2, -0.15) is 4.98 Å². The van der Waals surface area contributed by atoms with Crippen LogP contribution in [-0.2, 0) is 6.42 Å². The van der Waals surface area contributed by atoms with Crippen molar-refractivity contribution < 1.29 is 13.9 Å². The van der Waals surface area contributed by atoms with Crippen LogP contribution in [0.15, 0.2) is 16.7 Å². The molecule has 0 spiro atoms. The highest BCUT2D eigenvalue weighted by Crippen LogP contribution is 2.13. The van der Waals surface area contributed by atoms with Crippen LogP contribution >= 0.6 is 0 Å². The van der Waals surface area contributed by atoms with Crippen molar-refractivity contribution in [2.24, 2.45) is 0 Å². The normalized spacial score (nSPS) is 10.3. The summed E-state index contributed by atoms with van der Waals surface area (Å²) in [5.74, 6) is 0.587. The molecule has 0 atom stereocenters. The molecule has 0 aliphatic carbocycles. The van der Waals surface area contributed by atoms with E-state index in [2.05, 4.69) is 20.5 Å². The lowest BCUT2D eigenvalue weighted by atomic mass is 10.2. The number of carbonyl (C=O) groups is 1. The van der Waals surface area contributed by atoms with Gasteiger partial charge in [0.1, 0.15) is 5.76 Å². The first-order chi connectivity index (χ1) is 8.74. The van der Waals surface area contributed by atoms with E-state index in [1.807, 2.05) is 13.8 Å². The first-order valence-corrected chi connectivity index (χ1v) is 5.67. The van der Waals surface area contributed by atoms with Gasteiger partial charge in [-0.1, -0.05) is 6.92 Å². The molecule has 0 aliphatic rings. The molecular formula is C11H14N4O3. The lowest BCUT2D eigenvalue weighted by Gasteiger charge is -2.00. The fourth-order valence-corrected chi connectivity index (χ4v) is 1.49. The maximum absolute atomic E-state index is 11.9. The van der Waals surface area contributed by atoms with Gasteiger partial charge < -0.3 is 9.15 Å². The van der Waals surface area contributed by atoms with E-state index in [-0.39, 0.29) is 17.9 Å². The molecule has 7 nitrogen and oxygen atoms in total. The van der Waals surface area contributed by atoms with Gasteiger partial charge in [0.15, 0.2) is 0 Å². The lowest BCUT2D eigenvalue weighted by molar-refractivity contribution is 0.102. The number of ether oxygens (including phenoxy) is 1. The highest BCUT2D eigenvalue weighted by Gasteiger charge is 2.15. The summed E-state index contributed by atoms with van der Waals surface area (Å²) in [4.78, 5) is 15.9. The van der Waals surface area contributed by atoms with E-state index in [4.69, 9.17) is 9.15 Å². The Labute approximate surface area is 104 Å². The third-order valence-corrected chi connectivity index (χ3v) is 2.28. The van der Waals surface area contributed by atoms with Gasteiger partial charge in [-0.25, -0.2) is 5.10 Å². The minimum atomic E-state index is -0.292. The van der Waals surface area contributed by atoms with Crippen molar-refractivity contribution >= 4 is 11.9 Å². The van der Waals surface area contributed by atoms with Crippen molar-refractivity contribution in [1.82, 2.24) is 15.2 Å². The minimum Gasteiger partial charge on any atom is -0.469 e. The molecule has 18 heavy (non-hydrogen) atoms. The summed E-state index contributed by atoms with van der Waals surface area (Å²) in [7, 11) is 0. The van der Waals surface area contributed by atoms with E-state index in [9.17, 15) is 4.79 Å². The van der Waals surface area contributed by atoms with Crippen molar-refractivity contribution in [2.45, 2.75) is 20.3 Å². The van der Waals surface area contributed by atoms with Gasteiger partial charge in [-0.3, -0.25) is 10.1 Å². The number of carbonyl (C=O) groups excluding carboxylic acids is 1. The Kier molecular flexibility index (Phi) is 3.61. The summed E-state index contributed by atoms with van der Waals surface area (Å²) in [5, 5.41) is 8.95. The van der Waals surface area contributed by atoms with Crippen molar-refractivity contribution in [3.8, 4) is 6.01 Å². The van der Waals surface area contributed by atoms with Crippen molar-refractivity contribution in [3.63, 3.8) is 0 Å². The van der Waals surface area contributed by atoms with Crippen LogP contribution in [0.3, 0.4) is 0 Å². The largest absolute Gasteiger partial charge is 0.469 e. The van der Waals surface area contributed by atoms with Crippen LogP contribution in [0.1, 0.15) is 30.0 Å². The van der Waals surface area contributed by atoms with Crippen LogP contribution in [0.2, 0.25) is 0 Å². The molecule has 0 fully saturated rings. The Bertz CT molecular complexity index is 532. The molecule has 0 saturated carbocycles. The number of anilines is 1. The number of hydrogen-bond acceptors (Lipinski definition) is 5. The number of aryl methyl sites for hydroxylation is 1. The predicted octanol–water partition coefficient (Wildman–Crippen LogP) is 1.61. The van der Waals surface area contributed by atoms with E-state index < -0.39 is 0 Å². The Morgan fingerprint density at radius 1 is 1.56 bits per heavy atom. The van der Waals surface area contributed by atoms with E-state index in [1.165, 1.54) is 6.26 Å². The number of aromatic amines is 1. The first kappa shape index (κ1) is 12.2. The zero-order chi connectivity index (χ0) is 13.0. The molecule has 0 radical (unpaired) electrons. The Morgan fingerprint density at radius 2 is 2.39 bits per heavy atom. The molecule has 2 heterocycles. The number of nitrogens with one attached hydrogen (secondary N) is 2. The standard InChI is InChI=1S/C11H14N4O3/c1-3-8-7(5-6-18-8)9(16)12-10-13-11(15-14-10)17-4-2/h5-6H,3-4H2,1-2H3,(H2,12,13,14,15,16). The summed E-state index contributed by atoms with van der Waals surface area (Å²) >= 11 is 0. The topological polar surface area (TPSA) is 93.0 Å². The van der Waals surface area contributed by atoms with Gasteiger partial charge in [-0.05, 0) is 13.0 Å². The maximum Gasteiger partial charge on any atom is 0.337 e. The quantitative estimate of drug-likeness (QED) is 0.840. The highest BCUT2D eigenvalue weighted by molar-refractivity contribution is 6.04. The maximum atomic E-state index is 11.9. The fourth-order valence-electron chi connectivity index (χ4n) is 1.49. The number of aromatic nitrogens is 3. The number of rotatable bonds is 5. The van der Waals surface area contributed by atoms with Gasteiger partial charge in [0.05, 0.1) is 18.4 Å². The van der Waals surface area contributed by atoms with Crippen LogP contribution in [-0.4, -0.2) is 27.7 Å². The summed E-state index contributed by atoms with van der Waals surface area (Å²) in [6.07, 6.45) is 2.14. The van der Waals surface area contributed by atoms with Gasteiger partial charge in [-0.15, -0.1) is 5.10 Å². The van der Waals surface area contributed by atoms with Crippen molar-refractivity contribution in [1.29, 1.82) is 0 Å². The molecule has 2 aromatic rings. The average molecular weight is 250 g/mol. The molecule has 0 aromatic carbocycles. The number of furan rings is 1. The van der Waals surface area contributed by atoms with Gasteiger partial charge in [0, 0.05) is 6.42 Å². The minimum absolute atomic E-state index is 0.204. The smallest absolute Gasteiger partial charge is 0.337 e. The molecule has 7 heteroatoms. The zero-order valence-corrected chi connectivity index (χ0v) is 10.2. The molecule has 0 aliphatic heterocycles. The molecule has 0 saturated heterocycles. The molecular weight excluding hydrogens is 236 g/mol. The van der Waals surface area contributed by atoms with E-state index in [0.29, 0.717) is 24.4 Å². The second-order valence-electron chi connectivity index (χ2n) is 3.46. The molecule has 1 amide bonds. The fraction of sp³-hybridized carbons (Fsp3) is 0.364. The number of hydrogen-bond donors (Lipinski definition) is 2. The van der Waals surface area contributed by atoms with E-state index in [0.717, 1.165) is 0 Å². The van der Waals surface area contributed by atoms with E-state index in [1.54, 1.807) is 6.07 Å². The van der Waals surface area contributed by atoms with Crippen LogP contribution in [0.5, 0.6) is 6.01 Å². The van der Waals surface area contributed by atoms with Crippen LogP contribution in [0.4, 0.5) is 5.95 Å². The van der Waals surface area contributed by atoms with Crippen LogP contribution in [0, 0.1) is 0 Å². The number of nitrogens with zero attached hydrogens (tertiary/aromatic N) is 2. The molecule has 2 rings (SSSR count). The third kappa shape index (κ3) is 2.50. The molecule has 96 valence electrons. The van der Waals surface area contributed by atoms with Gasteiger partial charge in [0.2, 0.25) is 5.95 Å². The van der Waals surface area contributed by atoms with Crippen LogP contribution in [0.25, 0.3) is 0 Å². The van der Waals surface area contributed by atoms with Gasteiger partial charge >= 0.3 is 6.01 Å². The molecule has 0 unspecified atom stereocenters. The average Bonchev–Trinajstić information content (AvgIpc) is 2.98. The summed E-state index contributed by atoms with van der Waals surface area (Å²) in [6.45, 7) is 4.21. The second-order valence-corrected chi connectivity index (χ2v) is 3.46. The number of H-pyrrole nitrogens is 1. The first-order valence-electron chi connectivity index (χ1n) is 5.67. The third-order valence-electron chi connectivity index (χ3n) is 2.28. The summed E-state index contributed by atoms with van der Waals surface area (Å²) < 4.78 is 10.3. The molecule has 2 aromatic heterocycles. The van der Waals surface area contributed by atoms with E-state index >= 15 is 0 Å². The van der Waals surface area contributed by atoms with Gasteiger partial charge in [0.25, 0.3) is 5.91 Å². The number of amides is 1. The Hall–Kier alpha value is -2.31. The van der Waals surface area contributed by atoms with Crippen molar-refractivity contribution in [2.75, 3.05) is 11.9 Å². The summed E-state index contributed by atoms with van der Waals surface area (Å²) in [5.41, 5.74) is 0.492. The monoisotopic (exact) mass is 250 g/mol. The highest BCUT2D eigenvalue weighted by atomic mass is 16.5. The second kappa shape index (κ2) is 5.35. The summed E-state index contributed by atoms with van der Waals surface area (Å²) in [6, 6.07) is 1.82. The van der Waals surface area contributed by atoms with Crippen molar-refractivity contribution in [3.05, 3.63) is 23.7 Å². The SMILES string of the molecule is CCOc1n[nH]c(NC(=O)c2ccoc2CC)n1. The Morgan fingerprint density at radius 3 is 3.11 bits per heavy atom.